The summed E-state index contributed by atoms with van der Waals surface area (Å²) in [6, 6.07) is 5.71. The molecule has 16 heavy (non-hydrogen) atoms. The molecule has 3 N–H and O–H groups in total. The molecule has 2 heterocycles. The van der Waals surface area contributed by atoms with Gasteiger partial charge < -0.3 is 15.5 Å². The van der Waals surface area contributed by atoms with Crippen LogP contribution in [0.4, 0.5) is 11.5 Å². The number of nitrogens with one attached hydrogen (secondary N) is 1. The van der Waals surface area contributed by atoms with Gasteiger partial charge in [0.1, 0.15) is 17.3 Å². The maximum absolute atomic E-state index is 5.79. The van der Waals surface area contributed by atoms with Gasteiger partial charge in [0.2, 0.25) is 0 Å². The fourth-order valence-electron chi connectivity index (χ4n) is 1.39. The van der Waals surface area contributed by atoms with Crippen LogP contribution in [-0.2, 0) is 6.54 Å². The molecule has 0 spiro atoms. The second-order valence-corrected chi connectivity index (χ2v) is 3.79. The monoisotopic (exact) mass is 217 g/mol. The minimum absolute atomic E-state index is 0.614. The van der Waals surface area contributed by atoms with Gasteiger partial charge in [-0.15, -0.1) is 0 Å². The predicted molar refractivity (Wildman–Crippen MR) is 64.2 cm³/mol. The van der Waals surface area contributed by atoms with Crippen LogP contribution in [0.3, 0.4) is 0 Å². The Kier molecular flexibility index (Phi) is 2.81. The molecule has 0 aromatic carbocycles. The topological polar surface area (TPSA) is 64.1 Å². The van der Waals surface area contributed by atoms with Crippen LogP contribution in [0.1, 0.15) is 17.1 Å². The highest BCUT2D eigenvalue weighted by molar-refractivity contribution is 5.53. The quantitative estimate of drug-likeness (QED) is 0.829. The Bertz CT molecular complexity index is 491. The number of aromatic nitrogens is 1. The van der Waals surface area contributed by atoms with Crippen LogP contribution in [0, 0.1) is 13.8 Å². The van der Waals surface area contributed by atoms with Crippen molar-refractivity contribution in [3.8, 4) is 0 Å². The van der Waals surface area contributed by atoms with Crippen molar-refractivity contribution in [2.75, 3.05) is 11.1 Å². The smallest absolute Gasteiger partial charge is 0.128 e. The van der Waals surface area contributed by atoms with E-state index in [-0.39, 0.29) is 0 Å². The minimum Gasteiger partial charge on any atom is -0.465 e. The van der Waals surface area contributed by atoms with Crippen molar-refractivity contribution < 1.29 is 4.42 Å². The van der Waals surface area contributed by atoms with E-state index in [1.165, 1.54) is 0 Å². The van der Waals surface area contributed by atoms with Gasteiger partial charge in [0, 0.05) is 18.0 Å². The molecular weight excluding hydrogens is 202 g/mol. The molecule has 0 amide bonds. The average Bonchev–Trinajstić information content (AvgIpc) is 2.66. The third-order valence-electron chi connectivity index (χ3n) is 2.38. The highest BCUT2D eigenvalue weighted by Gasteiger charge is 2.01. The van der Waals surface area contributed by atoms with Gasteiger partial charge in [-0.05, 0) is 31.5 Å². The number of nitrogens with two attached hydrogens (primary N) is 1. The Morgan fingerprint density at radius 1 is 1.38 bits per heavy atom. The maximum Gasteiger partial charge on any atom is 0.128 e. The van der Waals surface area contributed by atoms with Gasteiger partial charge in [0.05, 0.1) is 6.54 Å². The zero-order chi connectivity index (χ0) is 11.5. The molecule has 0 fully saturated rings. The zero-order valence-corrected chi connectivity index (χ0v) is 9.45. The molecule has 0 bridgehead atoms. The number of nitrogen functional groups attached to an aromatic ring is 1. The molecule has 4 nitrogen and oxygen atoms in total. The van der Waals surface area contributed by atoms with Gasteiger partial charge in [0.25, 0.3) is 0 Å². The lowest BCUT2D eigenvalue weighted by Crippen LogP contribution is -2.02. The molecule has 4 heteroatoms. The van der Waals surface area contributed by atoms with E-state index in [9.17, 15) is 0 Å². The van der Waals surface area contributed by atoms with Gasteiger partial charge >= 0.3 is 0 Å². The van der Waals surface area contributed by atoms with E-state index in [0.717, 1.165) is 28.6 Å². The van der Waals surface area contributed by atoms with E-state index >= 15 is 0 Å². The predicted octanol–water partition coefficient (Wildman–Crippen LogP) is 2.49. The van der Waals surface area contributed by atoms with Crippen molar-refractivity contribution in [2.24, 2.45) is 0 Å². The Morgan fingerprint density at radius 3 is 2.81 bits per heavy atom. The molecule has 2 rings (SSSR count). The molecule has 0 saturated carbocycles. The lowest BCUT2D eigenvalue weighted by Gasteiger charge is -2.05. The molecule has 0 aliphatic rings. The summed E-state index contributed by atoms with van der Waals surface area (Å²) < 4.78 is 5.44. The summed E-state index contributed by atoms with van der Waals surface area (Å²) in [5, 5.41) is 3.16. The van der Waals surface area contributed by atoms with Crippen molar-refractivity contribution in [3.63, 3.8) is 0 Å². The molecule has 84 valence electrons. The summed E-state index contributed by atoms with van der Waals surface area (Å²) in [5.74, 6) is 2.56. The third-order valence-corrected chi connectivity index (χ3v) is 2.38. The van der Waals surface area contributed by atoms with Crippen molar-refractivity contribution in [1.82, 2.24) is 4.98 Å². The molecule has 0 radical (unpaired) electrons. The first-order chi connectivity index (χ1) is 7.65. The van der Waals surface area contributed by atoms with E-state index in [1.54, 1.807) is 6.20 Å². The number of nitrogens with zero attached hydrogens (tertiary/aromatic N) is 1. The second-order valence-electron chi connectivity index (χ2n) is 3.79. The molecule has 0 saturated heterocycles. The summed E-state index contributed by atoms with van der Waals surface area (Å²) in [6.45, 7) is 4.47. The van der Waals surface area contributed by atoms with Crippen LogP contribution in [0.15, 0.2) is 28.8 Å². The first-order valence-corrected chi connectivity index (χ1v) is 5.16. The second kappa shape index (κ2) is 4.26. The van der Waals surface area contributed by atoms with Gasteiger partial charge in [-0.2, -0.15) is 0 Å². The van der Waals surface area contributed by atoms with Crippen LogP contribution in [0.2, 0.25) is 0 Å². The Labute approximate surface area is 94.5 Å². The van der Waals surface area contributed by atoms with Crippen LogP contribution < -0.4 is 11.1 Å². The SMILES string of the molecule is Cc1ccc(CNc2cc(N)c(C)cn2)o1. The number of hydrogen-bond acceptors (Lipinski definition) is 4. The van der Waals surface area contributed by atoms with Crippen molar-refractivity contribution >= 4 is 11.5 Å². The molecule has 2 aromatic rings. The normalized spacial score (nSPS) is 10.4. The van der Waals surface area contributed by atoms with Gasteiger partial charge in [-0.25, -0.2) is 4.98 Å². The number of furan rings is 1. The van der Waals surface area contributed by atoms with E-state index in [0.29, 0.717) is 6.54 Å². The summed E-state index contributed by atoms with van der Waals surface area (Å²) in [5.41, 5.74) is 7.52. The third kappa shape index (κ3) is 2.34. The van der Waals surface area contributed by atoms with E-state index < -0.39 is 0 Å². The average molecular weight is 217 g/mol. The summed E-state index contributed by atoms with van der Waals surface area (Å²) in [4.78, 5) is 4.23. The molecule has 2 aromatic heterocycles. The van der Waals surface area contributed by atoms with Crippen molar-refractivity contribution in [1.29, 1.82) is 0 Å². The van der Waals surface area contributed by atoms with Crippen LogP contribution >= 0.6 is 0 Å². The van der Waals surface area contributed by atoms with E-state index in [1.807, 2.05) is 32.0 Å². The lowest BCUT2D eigenvalue weighted by atomic mass is 10.2. The van der Waals surface area contributed by atoms with Crippen LogP contribution in [0.25, 0.3) is 0 Å². The number of anilines is 2. The molecular formula is C12H15N3O. The Morgan fingerprint density at radius 2 is 2.19 bits per heavy atom. The molecule has 0 aliphatic carbocycles. The van der Waals surface area contributed by atoms with Gasteiger partial charge in [-0.1, -0.05) is 0 Å². The highest BCUT2D eigenvalue weighted by Crippen LogP contribution is 2.15. The number of rotatable bonds is 3. The first kappa shape index (κ1) is 10.5. The lowest BCUT2D eigenvalue weighted by molar-refractivity contribution is 0.490. The minimum atomic E-state index is 0.614. The van der Waals surface area contributed by atoms with E-state index in [2.05, 4.69) is 10.3 Å². The fourth-order valence-corrected chi connectivity index (χ4v) is 1.39. The largest absolute Gasteiger partial charge is 0.465 e. The first-order valence-electron chi connectivity index (χ1n) is 5.16. The summed E-state index contributed by atoms with van der Waals surface area (Å²) in [7, 11) is 0. The molecule has 0 unspecified atom stereocenters. The summed E-state index contributed by atoms with van der Waals surface area (Å²) >= 11 is 0. The van der Waals surface area contributed by atoms with Gasteiger partial charge in [-0.3, -0.25) is 0 Å². The Hall–Kier alpha value is -1.97. The molecule has 0 atom stereocenters. The van der Waals surface area contributed by atoms with Crippen LogP contribution in [0.5, 0.6) is 0 Å². The molecule has 0 aliphatic heterocycles. The standard InChI is InChI=1S/C12H15N3O/c1-8-6-14-12(5-11(8)13)15-7-10-4-3-9(2)16-10/h3-6H,7H2,1-2H3,(H3,13,14,15). The summed E-state index contributed by atoms with van der Waals surface area (Å²) in [6.07, 6.45) is 1.76. The van der Waals surface area contributed by atoms with Gasteiger partial charge in [0.15, 0.2) is 0 Å². The number of aryl methyl sites for hydroxylation is 2. The number of pyridine rings is 1. The van der Waals surface area contributed by atoms with Crippen molar-refractivity contribution in [3.05, 3.63) is 41.5 Å². The number of hydrogen-bond donors (Lipinski definition) is 2. The van der Waals surface area contributed by atoms with Crippen molar-refractivity contribution in [2.45, 2.75) is 20.4 Å². The Balaban J connectivity index is 2.02. The highest BCUT2D eigenvalue weighted by atomic mass is 16.3. The van der Waals surface area contributed by atoms with E-state index in [4.69, 9.17) is 10.2 Å². The van der Waals surface area contributed by atoms with Crippen LogP contribution in [-0.4, -0.2) is 4.98 Å². The maximum atomic E-state index is 5.79. The fraction of sp³-hybridized carbons (Fsp3) is 0.250. The zero-order valence-electron chi connectivity index (χ0n) is 9.45.